The first-order valence-corrected chi connectivity index (χ1v) is 3.83. The van der Waals surface area contributed by atoms with Crippen molar-refractivity contribution in [2.45, 2.75) is 39.6 Å². The molecule has 0 spiro atoms. The standard InChI is InChI=1S/C8H14O3/c1-5-6(2)10-8(3,4)11-7(5)9/h5-6H,1-4H3. The lowest BCUT2D eigenvalue weighted by Gasteiger charge is -2.36. The van der Waals surface area contributed by atoms with E-state index in [0.717, 1.165) is 0 Å². The zero-order chi connectivity index (χ0) is 8.65. The molecule has 1 aliphatic heterocycles. The minimum absolute atomic E-state index is 0.0498. The van der Waals surface area contributed by atoms with Crippen molar-refractivity contribution in [3.8, 4) is 0 Å². The van der Waals surface area contributed by atoms with Crippen LogP contribution in [0.4, 0.5) is 0 Å². The minimum Gasteiger partial charge on any atom is -0.433 e. The van der Waals surface area contributed by atoms with E-state index in [-0.39, 0.29) is 18.0 Å². The molecule has 1 fully saturated rings. The number of carbonyl (C=O) groups excluding carboxylic acids is 1. The van der Waals surface area contributed by atoms with Gasteiger partial charge in [-0.05, 0) is 13.8 Å². The van der Waals surface area contributed by atoms with Gasteiger partial charge in [-0.25, -0.2) is 0 Å². The Balaban J connectivity index is 2.70. The van der Waals surface area contributed by atoms with Gasteiger partial charge in [-0.3, -0.25) is 4.79 Å². The Labute approximate surface area is 66.7 Å². The van der Waals surface area contributed by atoms with Crippen LogP contribution in [0.25, 0.3) is 0 Å². The number of hydrogen-bond donors (Lipinski definition) is 0. The molecule has 0 saturated carbocycles. The van der Waals surface area contributed by atoms with Crippen LogP contribution in [0.15, 0.2) is 0 Å². The molecule has 11 heavy (non-hydrogen) atoms. The first-order chi connectivity index (χ1) is 4.92. The number of cyclic esters (lactones) is 1. The van der Waals surface area contributed by atoms with E-state index < -0.39 is 5.79 Å². The van der Waals surface area contributed by atoms with Crippen molar-refractivity contribution in [3.63, 3.8) is 0 Å². The van der Waals surface area contributed by atoms with Crippen LogP contribution in [-0.2, 0) is 14.3 Å². The molecule has 0 aromatic heterocycles. The van der Waals surface area contributed by atoms with Crippen LogP contribution in [0.5, 0.6) is 0 Å². The Morgan fingerprint density at radius 2 is 1.91 bits per heavy atom. The van der Waals surface area contributed by atoms with Gasteiger partial charge < -0.3 is 9.47 Å². The summed E-state index contributed by atoms with van der Waals surface area (Å²) in [6.07, 6.45) is -0.0498. The lowest BCUT2D eigenvalue weighted by atomic mass is 10.0. The van der Waals surface area contributed by atoms with E-state index in [9.17, 15) is 4.79 Å². The molecule has 0 N–H and O–H groups in total. The first-order valence-electron chi connectivity index (χ1n) is 3.83. The van der Waals surface area contributed by atoms with Crippen LogP contribution < -0.4 is 0 Å². The summed E-state index contributed by atoms with van der Waals surface area (Å²) in [5, 5.41) is 0. The number of carbonyl (C=O) groups is 1. The smallest absolute Gasteiger partial charge is 0.313 e. The van der Waals surface area contributed by atoms with Gasteiger partial charge in [-0.1, -0.05) is 0 Å². The predicted octanol–water partition coefficient (Wildman–Crippen LogP) is 1.32. The Kier molecular flexibility index (Phi) is 1.92. The fourth-order valence-electron chi connectivity index (χ4n) is 1.10. The van der Waals surface area contributed by atoms with Crippen molar-refractivity contribution in [3.05, 3.63) is 0 Å². The highest BCUT2D eigenvalue weighted by molar-refractivity contribution is 5.73. The monoisotopic (exact) mass is 158 g/mol. The maximum absolute atomic E-state index is 11.1. The summed E-state index contributed by atoms with van der Waals surface area (Å²) in [5.74, 6) is -1.07. The van der Waals surface area contributed by atoms with Gasteiger partial charge in [0.05, 0.1) is 12.0 Å². The largest absolute Gasteiger partial charge is 0.433 e. The summed E-state index contributed by atoms with van der Waals surface area (Å²) in [6.45, 7) is 7.18. The zero-order valence-electron chi connectivity index (χ0n) is 7.38. The first kappa shape index (κ1) is 8.53. The molecule has 0 amide bonds. The number of ether oxygens (including phenoxy) is 2. The van der Waals surface area contributed by atoms with Gasteiger partial charge in [0, 0.05) is 13.8 Å². The predicted molar refractivity (Wildman–Crippen MR) is 39.9 cm³/mol. The summed E-state index contributed by atoms with van der Waals surface area (Å²) in [5.41, 5.74) is 0. The average Bonchev–Trinajstić information content (AvgIpc) is 1.81. The van der Waals surface area contributed by atoms with Gasteiger partial charge in [0.2, 0.25) is 5.79 Å². The van der Waals surface area contributed by atoms with Crippen molar-refractivity contribution in [1.29, 1.82) is 0 Å². The quantitative estimate of drug-likeness (QED) is 0.499. The topological polar surface area (TPSA) is 35.5 Å². The van der Waals surface area contributed by atoms with E-state index in [2.05, 4.69) is 0 Å². The third-order valence-corrected chi connectivity index (χ3v) is 1.89. The van der Waals surface area contributed by atoms with Crippen LogP contribution in [0.2, 0.25) is 0 Å². The van der Waals surface area contributed by atoms with Crippen LogP contribution in [0.1, 0.15) is 27.7 Å². The third kappa shape index (κ3) is 1.71. The second-order valence-corrected chi connectivity index (χ2v) is 3.43. The van der Waals surface area contributed by atoms with Crippen LogP contribution in [0.3, 0.4) is 0 Å². The van der Waals surface area contributed by atoms with Gasteiger partial charge in [0.1, 0.15) is 0 Å². The van der Waals surface area contributed by atoms with E-state index >= 15 is 0 Å². The van der Waals surface area contributed by atoms with Crippen molar-refractivity contribution >= 4 is 5.97 Å². The van der Waals surface area contributed by atoms with E-state index in [0.29, 0.717) is 0 Å². The highest BCUT2D eigenvalue weighted by Crippen LogP contribution is 2.26. The molecule has 1 heterocycles. The van der Waals surface area contributed by atoms with Crippen LogP contribution in [0, 0.1) is 5.92 Å². The van der Waals surface area contributed by atoms with Gasteiger partial charge in [-0.15, -0.1) is 0 Å². The van der Waals surface area contributed by atoms with Crippen molar-refractivity contribution < 1.29 is 14.3 Å². The third-order valence-electron chi connectivity index (χ3n) is 1.89. The lowest BCUT2D eigenvalue weighted by Crippen LogP contribution is -2.46. The summed E-state index contributed by atoms with van der Waals surface area (Å²) in [6, 6.07) is 0. The SMILES string of the molecule is CC1OC(C)(C)OC(=O)C1C. The molecule has 0 aliphatic carbocycles. The maximum Gasteiger partial charge on any atom is 0.313 e. The molecule has 3 heteroatoms. The molecule has 0 aromatic rings. The zero-order valence-corrected chi connectivity index (χ0v) is 7.38. The molecule has 1 rings (SSSR count). The normalized spacial score (nSPS) is 36.5. The van der Waals surface area contributed by atoms with E-state index in [4.69, 9.17) is 9.47 Å². The van der Waals surface area contributed by atoms with E-state index in [1.54, 1.807) is 13.8 Å². The molecule has 2 unspecified atom stereocenters. The van der Waals surface area contributed by atoms with Crippen molar-refractivity contribution in [1.82, 2.24) is 0 Å². The Hall–Kier alpha value is -0.570. The Morgan fingerprint density at radius 1 is 1.36 bits per heavy atom. The number of hydrogen-bond acceptors (Lipinski definition) is 3. The van der Waals surface area contributed by atoms with Crippen LogP contribution >= 0.6 is 0 Å². The Morgan fingerprint density at radius 3 is 2.36 bits per heavy atom. The molecule has 1 aliphatic rings. The van der Waals surface area contributed by atoms with E-state index in [1.165, 1.54) is 0 Å². The summed E-state index contributed by atoms with van der Waals surface area (Å²) in [7, 11) is 0. The van der Waals surface area contributed by atoms with Crippen molar-refractivity contribution in [2.75, 3.05) is 0 Å². The summed E-state index contributed by atoms with van der Waals surface area (Å²) < 4.78 is 10.4. The fourth-order valence-corrected chi connectivity index (χ4v) is 1.10. The molecule has 3 nitrogen and oxygen atoms in total. The average molecular weight is 158 g/mol. The van der Waals surface area contributed by atoms with Gasteiger partial charge in [0.15, 0.2) is 0 Å². The molecule has 0 radical (unpaired) electrons. The molecule has 1 saturated heterocycles. The summed E-state index contributed by atoms with van der Waals surface area (Å²) in [4.78, 5) is 11.1. The number of rotatable bonds is 0. The molecule has 2 atom stereocenters. The molecular weight excluding hydrogens is 144 g/mol. The Bertz CT molecular complexity index is 174. The summed E-state index contributed by atoms with van der Waals surface area (Å²) >= 11 is 0. The van der Waals surface area contributed by atoms with Crippen LogP contribution in [-0.4, -0.2) is 17.9 Å². The maximum atomic E-state index is 11.1. The molecule has 0 bridgehead atoms. The second kappa shape index (κ2) is 2.48. The van der Waals surface area contributed by atoms with E-state index in [1.807, 2.05) is 13.8 Å². The molecule has 0 aromatic carbocycles. The minimum atomic E-state index is -0.747. The molecule has 64 valence electrons. The lowest BCUT2D eigenvalue weighted by molar-refractivity contribution is -0.266. The second-order valence-electron chi connectivity index (χ2n) is 3.43. The fraction of sp³-hybridized carbons (Fsp3) is 0.875. The molecular formula is C8H14O3. The van der Waals surface area contributed by atoms with Crippen molar-refractivity contribution in [2.24, 2.45) is 5.92 Å². The van der Waals surface area contributed by atoms with Gasteiger partial charge >= 0.3 is 5.97 Å². The van der Waals surface area contributed by atoms with Gasteiger partial charge in [0.25, 0.3) is 0 Å². The highest BCUT2D eigenvalue weighted by atomic mass is 16.7. The number of esters is 1. The van der Waals surface area contributed by atoms with Gasteiger partial charge in [-0.2, -0.15) is 0 Å². The highest BCUT2D eigenvalue weighted by Gasteiger charge is 2.38.